The Balaban J connectivity index is 2.32. The second-order valence-corrected chi connectivity index (χ2v) is 6.04. The number of aliphatic hydroxyl groups excluding tert-OH is 1. The van der Waals surface area contributed by atoms with Gasteiger partial charge < -0.3 is 15.2 Å². The molecule has 1 rings (SSSR count). The summed E-state index contributed by atoms with van der Waals surface area (Å²) in [6, 6.07) is 0.516. The molecule has 1 aliphatic carbocycles. The Morgan fingerprint density at radius 1 is 1.29 bits per heavy atom. The molecule has 17 heavy (non-hydrogen) atoms. The van der Waals surface area contributed by atoms with Crippen molar-refractivity contribution in [2.24, 2.45) is 5.41 Å². The number of ether oxygens (including phenoxy) is 1. The van der Waals surface area contributed by atoms with Crippen molar-refractivity contribution in [1.29, 1.82) is 0 Å². The zero-order chi connectivity index (χ0) is 12.7. The van der Waals surface area contributed by atoms with Crippen LogP contribution in [0.15, 0.2) is 0 Å². The van der Waals surface area contributed by atoms with Crippen molar-refractivity contribution in [2.75, 3.05) is 20.3 Å². The van der Waals surface area contributed by atoms with Crippen LogP contribution in [-0.2, 0) is 4.74 Å². The van der Waals surface area contributed by atoms with Crippen LogP contribution in [-0.4, -0.2) is 37.5 Å². The summed E-state index contributed by atoms with van der Waals surface area (Å²) in [6.07, 6.45) is 7.38. The van der Waals surface area contributed by atoms with Gasteiger partial charge in [-0.1, -0.05) is 26.7 Å². The minimum atomic E-state index is 0.262. The molecule has 1 aliphatic rings. The van der Waals surface area contributed by atoms with Gasteiger partial charge in [-0.2, -0.15) is 0 Å². The molecule has 0 bridgehead atoms. The Bertz CT molecular complexity index is 206. The summed E-state index contributed by atoms with van der Waals surface area (Å²) in [7, 11) is 1.82. The van der Waals surface area contributed by atoms with Gasteiger partial charge in [0.2, 0.25) is 0 Å². The number of aliphatic hydroxyl groups is 1. The normalized spacial score (nSPS) is 26.1. The fourth-order valence-corrected chi connectivity index (χ4v) is 2.67. The minimum absolute atomic E-state index is 0.262. The molecule has 0 aromatic heterocycles. The lowest BCUT2D eigenvalue weighted by Crippen LogP contribution is -2.46. The predicted octanol–water partition coefficient (Wildman–Crippen LogP) is 2.33. The van der Waals surface area contributed by atoms with E-state index in [4.69, 9.17) is 9.84 Å². The Labute approximate surface area is 106 Å². The first-order valence-electron chi connectivity index (χ1n) is 6.96. The third kappa shape index (κ3) is 5.36. The van der Waals surface area contributed by atoms with Gasteiger partial charge in [-0.15, -0.1) is 0 Å². The van der Waals surface area contributed by atoms with Crippen LogP contribution in [0.3, 0.4) is 0 Å². The van der Waals surface area contributed by atoms with E-state index in [-0.39, 0.29) is 5.41 Å². The Morgan fingerprint density at radius 2 is 2.00 bits per heavy atom. The second kappa shape index (κ2) is 7.34. The Kier molecular flexibility index (Phi) is 6.45. The summed E-state index contributed by atoms with van der Waals surface area (Å²) in [6.45, 7) is 5.84. The van der Waals surface area contributed by atoms with Gasteiger partial charge >= 0.3 is 0 Å². The van der Waals surface area contributed by atoms with Crippen LogP contribution in [0.1, 0.15) is 52.4 Å². The molecule has 0 spiro atoms. The Hall–Kier alpha value is -0.120. The number of hydrogen-bond donors (Lipinski definition) is 2. The topological polar surface area (TPSA) is 41.5 Å². The standard InChI is InChI=1S/C14H29NO2/c1-14(2,9-6-10-16)11-15-12-7-4-5-8-13(12)17-3/h12-13,15-16H,4-11H2,1-3H3. The van der Waals surface area contributed by atoms with Gasteiger partial charge in [0.05, 0.1) is 6.10 Å². The van der Waals surface area contributed by atoms with Gasteiger partial charge in [0, 0.05) is 26.3 Å². The molecular weight excluding hydrogens is 214 g/mol. The van der Waals surface area contributed by atoms with E-state index in [0.29, 0.717) is 18.8 Å². The first-order valence-corrected chi connectivity index (χ1v) is 6.96. The zero-order valence-corrected chi connectivity index (χ0v) is 11.7. The van der Waals surface area contributed by atoms with Crippen molar-refractivity contribution < 1.29 is 9.84 Å². The van der Waals surface area contributed by atoms with Crippen molar-refractivity contribution in [2.45, 2.75) is 64.5 Å². The van der Waals surface area contributed by atoms with Crippen LogP contribution >= 0.6 is 0 Å². The highest BCUT2D eigenvalue weighted by Crippen LogP contribution is 2.24. The van der Waals surface area contributed by atoms with Gasteiger partial charge in [-0.05, 0) is 31.1 Å². The fourth-order valence-electron chi connectivity index (χ4n) is 2.67. The van der Waals surface area contributed by atoms with E-state index in [2.05, 4.69) is 19.2 Å². The zero-order valence-electron chi connectivity index (χ0n) is 11.7. The van der Waals surface area contributed by atoms with Crippen molar-refractivity contribution >= 4 is 0 Å². The summed E-state index contributed by atoms with van der Waals surface area (Å²) in [5, 5.41) is 12.6. The summed E-state index contributed by atoms with van der Waals surface area (Å²) in [5.74, 6) is 0. The van der Waals surface area contributed by atoms with Gasteiger partial charge in [0.15, 0.2) is 0 Å². The molecule has 0 amide bonds. The third-order valence-electron chi connectivity index (χ3n) is 3.86. The maximum Gasteiger partial charge on any atom is 0.0724 e. The summed E-state index contributed by atoms with van der Waals surface area (Å²) >= 11 is 0. The van der Waals surface area contributed by atoms with Crippen molar-refractivity contribution in [1.82, 2.24) is 5.32 Å². The van der Waals surface area contributed by atoms with Crippen molar-refractivity contribution in [3.63, 3.8) is 0 Å². The largest absolute Gasteiger partial charge is 0.396 e. The average Bonchev–Trinajstić information content (AvgIpc) is 2.34. The van der Waals surface area contributed by atoms with Crippen LogP contribution in [0.2, 0.25) is 0 Å². The van der Waals surface area contributed by atoms with Crippen molar-refractivity contribution in [3.8, 4) is 0 Å². The Morgan fingerprint density at radius 3 is 2.65 bits per heavy atom. The van der Waals surface area contributed by atoms with E-state index in [9.17, 15) is 0 Å². The lowest BCUT2D eigenvalue weighted by atomic mass is 9.86. The summed E-state index contributed by atoms with van der Waals surface area (Å²) in [4.78, 5) is 0. The molecule has 2 unspecified atom stereocenters. The fraction of sp³-hybridized carbons (Fsp3) is 1.00. The maximum absolute atomic E-state index is 8.89. The van der Waals surface area contributed by atoms with Gasteiger partial charge in [-0.3, -0.25) is 0 Å². The van der Waals surface area contributed by atoms with E-state index in [1.807, 2.05) is 7.11 Å². The molecule has 0 aliphatic heterocycles. The van der Waals surface area contributed by atoms with Crippen LogP contribution in [0.5, 0.6) is 0 Å². The van der Waals surface area contributed by atoms with Gasteiger partial charge in [-0.25, -0.2) is 0 Å². The SMILES string of the molecule is COC1CCCCC1NCC(C)(C)CCCO. The smallest absolute Gasteiger partial charge is 0.0724 e. The van der Waals surface area contributed by atoms with Crippen molar-refractivity contribution in [3.05, 3.63) is 0 Å². The molecule has 0 saturated heterocycles. The van der Waals surface area contributed by atoms with E-state index < -0.39 is 0 Å². The molecular formula is C14H29NO2. The first-order chi connectivity index (χ1) is 8.09. The van der Waals surface area contributed by atoms with Crippen LogP contribution in [0.25, 0.3) is 0 Å². The maximum atomic E-state index is 8.89. The lowest BCUT2D eigenvalue weighted by molar-refractivity contribution is 0.0379. The highest BCUT2D eigenvalue weighted by atomic mass is 16.5. The van der Waals surface area contributed by atoms with E-state index in [1.165, 1.54) is 25.7 Å². The molecule has 0 heterocycles. The minimum Gasteiger partial charge on any atom is -0.396 e. The molecule has 1 saturated carbocycles. The van der Waals surface area contributed by atoms with Gasteiger partial charge in [0.25, 0.3) is 0 Å². The monoisotopic (exact) mass is 243 g/mol. The quantitative estimate of drug-likeness (QED) is 0.721. The van der Waals surface area contributed by atoms with Crippen LogP contribution < -0.4 is 5.32 Å². The molecule has 1 fully saturated rings. The number of nitrogens with one attached hydrogen (secondary N) is 1. The number of rotatable bonds is 7. The third-order valence-corrected chi connectivity index (χ3v) is 3.86. The van der Waals surface area contributed by atoms with Gasteiger partial charge in [0.1, 0.15) is 0 Å². The molecule has 0 aromatic rings. The summed E-state index contributed by atoms with van der Waals surface area (Å²) in [5.41, 5.74) is 0.262. The average molecular weight is 243 g/mol. The first kappa shape index (κ1) is 14.9. The highest BCUT2D eigenvalue weighted by Gasteiger charge is 2.26. The number of hydrogen-bond acceptors (Lipinski definition) is 3. The molecule has 0 aromatic carbocycles. The molecule has 2 N–H and O–H groups in total. The number of methoxy groups -OCH3 is 1. The summed E-state index contributed by atoms with van der Waals surface area (Å²) < 4.78 is 5.55. The molecule has 0 radical (unpaired) electrons. The molecule has 2 atom stereocenters. The predicted molar refractivity (Wildman–Crippen MR) is 71.2 cm³/mol. The lowest BCUT2D eigenvalue weighted by Gasteiger charge is -2.34. The molecule has 3 heteroatoms. The molecule has 3 nitrogen and oxygen atoms in total. The van der Waals surface area contributed by atoms with Crippen LogP contribution in [0, 0.1) is 5.41 Å². The van der Waals surface area contributed by atoms with E-state index in [1.54, 1.807) is 0 Å². The highest BCUT2D eigenvalue weighted by molar-refractivity contribution is 4.84. The molecule has 102 valence electrons. The van der Waals surface area contributed by atoms with E-state index in [0.717, 1.165) is 19.4 Å². The van der Waals surface area contributed by atoms with E-state index >= 15 is 0 Å². The second-order valence-electron chi connectivity index (χ2n) is 6.04. The van der Waals surface area contributed by atoms with Crippen LogP contribution in [0.4, 0.5) is 0 Å².